The molecule has 31 heavy (non-hydrogen) atoms. The first-order chi connectivity index (χ1) is 15.3. The first-order valence-corrected chi connectivity index (χ1v) is 10.9. The average Bonchev–Trinajstić information content (AvgIpc) is 2.84. The van der Waals surface area contributed by atoms with Crippen LogP contribution in [0.3, 0.4) is 0 Å². The molecule has 1 fully saturated rings. The maximum Gasteiger partial charge on any atom is 0.191 e. The summed E-state index contributed by atoms with van der Waals surface area (Å²) in [5.41, 5.74) is 4.46. The van der Waals surface area contributed by atoms with Gasteiger partial charge in [0.05, 0.1) is 11.4 Å². The number of benzene rings is 1. The molecule has 4 rings (SSSR count). The maximum atomic E-state index is 4.45. The quantitative estimate of drug-likeness (QED) is 0.478. The topological polar surface area (TPSA) is 65.4 Å². The highest BCUT2D eigenvalue weighted by Gasteiger charge is 2.20. The summed E-state index contributed by atoms with van der Waals surface area (Å²) in [4.78, 5) is 15.8. The monoisotopic (exact) mass is 414 g/mol. The third-order valence-electron chi connectivity index (χ3n) is 5.61. The summed E-state index contributed by atoms with van der Waals surface area (Å²) in [6.45, 7) is 3.78. The predicted octanol–water partition coefficient (Wildman–Crippen LogP) is 3.47. The van der Waals surface area contributed by atoms with Crippen LogP contribution < -0.4 is 10.6 Å². The molecule has 1 aliphatic rings. The van der Waals surface area contributed by atoms with E-state index in [9.17, 15) is 0 Å². The number of aromatic nitrogens is 2. The third kappa shape index (κ3) is 6.12. The van der Waals surface area contributed by atoms with Crippen LogP contribution in [0.2, 0.25) is 0 Å². The van der Waals surface area contributed by atoms with Gasteiger partial charge in [-0.2, -0.15) is 0 Å². The molecule has 0 bridgehead atoms. The summed E-state index contributed by atoms with van der Waals surface area (Å²) in [5, 5.41) is 7.05. The largest absolute Gasteiger partial charge is 0.354 e. The van der Waals surface area contributed by atoms with Crippen molar-refractivity contribution >= 4 is 5.96 Å². The Hall–Kier alpha value is -3.25. The van der Waals surface area contributed by atoms with Crippen LogP contribution in [0.15, 0.2) is 78.0 Å². The molecule has 160 valence electrons. The highest BCUT2D eigenvalue weighted by atomic mass is 15.2. The SMILES string of the molecule is CN=C(NCc1cccc(-c2ccccn2)c1)NC1CCN(Cc2ccccn2)CC1. The number of likely N-dealkylation sites (tertiary alicyclic amines) is 1. The normalized spacial score (nSPS) is 15.6. The van der Waals surface area contributed by atoms with Crippen molar-refractivity contribution in [1.82, 2.24) is 25.5 Å². The summed E-state index contributed by atoms with van der Waals surface area (Å²) < 4.78 is 0. The predicted molar refractivity (Wildman–Crippen MR) is 126 cm³/mol. The second-order valence-corrected chi connectivity index (χ2v) is 7.86. The summed E-state index contributed by atoms with van der Waals surface area (Å²) in [7, 11) is 1.83. The molecular weight excluding hydrogens is 384 g/mol. The van der Waals surface area contributed by atoms with Gasteiger partial charge in [-0.15, -0.1) is 0 Å². The Morgan fingerprint density at radius 2 is 1.81 bits per heavy atom. The Morgan fingerprint density at radius 3 is 2.52 bits per heavy atom. The smallest absolute Gasteiger partial charge is 0.191 e. The van der Waals surface area contributed by atoms with Crippen molar-refractivity contribution in [3.05, 3.63) is 84.3 Å². The molecule has 0 spiro atoms. The number of hydrogen-bond acceptors (Lipinski definition) is 4. The summed E-state index contributed by atoms with van der Waals surface area (Å²) in [6.07, 6.45) is 5.89. The van der Waals surface area contributed by atoms with Gasteiger partial charge in [-0.25, -0.2) is 0 Å². The molecule has 1 aromatic carbocycles. The van der Waals surface area contributed by atoms with E-state index in [1.165, 1.54) is 5.56 Å². The number of aliphatic imine (C=N–C) groups is 1. The Bertz CT molecular complexity index is 966. The molecular formula is C25H30N6. The molecule has 1 aliphatic heterocycles. The Morgan fingerprint density at radius 1 is 1.00 bits per heavy atom. The van der Waals surface area contributed by atoms with Crippen LogP contribution in [-0.2, 0) is 13.1 Å². The molecule has 2 N–H and O–H groups in total. The number of guanidine groups is 1. The molecule has 6 heteroatoms. The number of rotatable bonds is 6. The van der Waals surface area contributed by atoms with Crippen LogP contribution in [0.4, 0.5) is 0 Å². The van der Waals surface area contributed by atoms with E-state index >= 15 is 0 Å². The van der Waals surface area contributed by atoms with E-state index < -0.39 is 0 Å². The lowest BCUT2D eigenvalue weighted by molar-refractivity contribution is 0.196. The second kappa shape index (κ2) is 10.7. The standard InChI is InChI=1S/C25H30N6/c1-26-25(29-18-20-7-6-8-21(17-20)24-10-3-5-14-28-24)30-22-11-15-31(16-12-22)19-23-9-2-4-13-27-23/h2-10,13-14,17,22H,11-12,15-16,18-19H2,1H3,(H2,26,29,30). The van der Waals surface area contributed by atoms with Gasteiger partial charge in [0.1, 0.15) is 0 Å². The lowest BCUT2D eigenvalue weighted by Crippen LogP contribution is -2.48. The molecule has 0 unspecified atom stereocenters. The van der Waals surface area contributed by atoms with E-state index in [-0.39, 0.29) is 0 Å². The van der Waals surface area contributed by atoms with E-state index in [1.54, 1.807) is 0 Å². The van der Waals surface area contributed by atoms with Crippen molar-refractivity contribution in [2.24, 2.45) is 4.99 Å². The lowest BCUT2D eigenvalue weighted by atomic mass is 10.0. The minimum atomic E-state index is 0.436. The zero-order valence-electron chi connectivity index (χ0n) is 18.0. The van der Waals surface area contributed by atoms with Gasteiger partial charge in [0.15, 0.2) is 5.96 Å². The number of nitrogens with one attached hydrogen (secondary N) is 2. The molecule has 6 nitrogen and oxygen atoms in total. The van der Waals surface area contributed by atoms with Gasteiger partial charge in [-0.05, 0) is 48.7 Å². The fourth-order valence-electron chi connectivity index (χ4n) is 3.90. The fraction of sp³-hybridized carbons (Fsp3) is 0.320. The van der Waals surface area contributed by atoms with Crippen molar-refractivity contribution < 1.29 is 0 Å². The Labute approximate surface area is 184 Å². The third-order valence-corrected chi connectivity index (χ3v) is 5.61. The molecule has 3 aromatic rings. The van der Waals surface area contributed by atoms with Gasteiger partial charge in [-0.3, -0.25) is 19.9 Å². The van der Waals surface area contributed by atoms with E-state index in [0.717, 1.165) is 61.9 Å². The summed E-state index contributed by atoms with van der Waals surface area (Å²) >= 11 is 0. The van der Waals surface area contributed by atoms with Crippen molar-refractivity contribution in [3.8, 4) is 11.3 Å². The first kappa shape index (κ1) is 21.0. The molecule has 3 heterocycles. The molecule has 1 saturated heterocycles. The van der Waals surface area contributed by atoms with Crippen LogP contribution in [0.1, 0.15) is 24.1 Å². The lowest BCUT2D eigenvalue weighted by Gasteiger charge is -2.32. The molecule has 0 aliphatic carbocycles. The highest BCUT2D eigenvalue weighted by molar-refractivity contribution is 5.80. The molecule has 0 saturated carbocycles. The number of hydrogen-bond donors (Lipinski definition) is 2. The maximum absolute atomic E-state index is 4.45. The first-order valence-electron chi connectivity index (χ1n) is 10.9. The highest BCUT2D eigenvalue weighted by Crippen LogP contribution is 2.18. The number of pyridine rings is 2. The number of nitrogens with zero attached hydrogens (tertiary/aromatic N) is 4. The fourth-order valence-corrected chi connectivity index (χ4v) is 3.90. The summed E-state index contributed by atoms with van der Waals surface area (Å²) in [5.74, 6) is 0.853. The Balaban J connectivity index is 1.25. The zero-order valence-corrected chi connectivity index (χ0v) is 18.0. The van der Waals surface area contributed by atoms with Crippen LogP contribution in [0, 0.1) is 0 Å². The minimum absolute atomic E-state index is 0.436. The number of piperidine rings is 1. The van der Waals surface area contributed by atoms with Crippen molar-refractivity contribution in [3.63, 3.8) is 0 Å². The van der Waals surface area contributed by atoms with Crippen LogP contribution in [-0.4, -0.2) is 47.0 Å². The van der Waals surface area contributed by atoms with Gasteiger partial charge in [0, 0.05) is 57.2 Å². The van der Waals surface area contributed by atoms with Crippen LogP contribution in [0.5, 0.6) is 0 Å². The van der Waals surface area contributed by atoms with Gasteiger partial charge in [0.2, 0.25) is 0 Å². The zero-order chi connectivity index (χ0) is 21.3. The van der Waals surface area contributed by atoms with E-state index in [1.807, 2.05) is 43.7 Å². The van der Waals surface area contributed by atoms with Crippen LogP contribution in [0.25, 0.3) is 11.3 Å². The van der Waals surface area contributed by atoms with Crippen molar-refractivity contribution in [2.45, 2.75) is 32.0 Å². The molecule has 0 amide bonds. The molecule has 2 aromatic heterocycles. The molecule has 0 radical (unpaired) electrons. The van der Waals surface area contributed by atoms with Crippen molar-refractivity contribution in [1.29, 1.82) is 0 Å². The minimum Gasteiger partial charge on any atom is -0.354 e. The summed E-state index contributed by atoms with van der Waals surface area (Å²) in [6, 6.07) is 21.0. The van der Waals surface area contributed by atoms with E-state index in [4.69, 9.17) is 0 Å². The van der Waals surface area contributed by atoms with Gasteiger partial charge >= 0.3 is 0 Å². The average molecular weight is 415 g/mol. The van der Waals surface area contributed by atoms with Gasteiger partial charge in [-0.1, -0.05) is 30.3 Å². The van der Waals surface area contributed by atoms with E-state index in [2.05, 4.69) is 66.9 Å². The molecule has 0 atom stereocenters. The van der Waals surface area contributed by atoms with Gasteiger partial charge in [0.25, 0.3) is 0 Å². The van der Waals surface area contributed by atoms with Crippen molar-refractivity contribution in [2.75, 3.05) is 20.1 Å². The second-order valence-electron chi connectivity index (χ2n) is 7.86. The van der Waals surface area contributed by atoms with Crippen LogP contribution >= 0.6 is 0 Å². The Kier molecular flexibility index (Phi) is 7.24. The van der Waals surface area contributed by atoms with E-state index in [0.29, 0.717) is 6.04 Å². The van der Waals surface area contributed by atoms with Gasteiger partial charge < -0.3 is 10.6 Å².